The molecule has 218 valence electrons. The molecule has 2 unspecified atom stereocenters. The lowest BCUT2D eigenvalue weighted by Gasteiger charge is -2.36. The summed E-state index contributed by atoms with van der Waals surface area (Å²) in [5, 5.41) is 2.76. The molecule has 1 fully saturated rings. The van der Waals surface area contributed by atoms with Crippen molar-refractivity contribution in [3.63, 3.8) is 0 Å². The molecule has 0 saturated carbocycles. The lowest BCUT2D eigenvalue weighted by atomic mass is 10.0. The molecule has 1 aliphatic heterocycles. The van der Waals surface area contributed by atoms with Gasteiger partial charge in [0.25, 0.3) is 0 Å². The van der Waals surface area contributed by atoms with Crippen LogP contribution in [-0.2, 0) is 30.2 Å². The maximum Gasteiger partial charge on any atom is 0.408 e. The zero-order valence-corrected chi connectivity index (χ0v) is 24.1. The van der Waals surface area contributed by atoms with Gasteiger partial charge in [0, 0.05) is 32.6 Å². The number of alkyl carbamates (subject to hydrolysis) is 1. The van der Waals surface area contributed by atoms with E-state index in [0.717, 1.165) is 18.7 Å². The molecule has 0 aliphatic carbocycles. The van der Waals surface area contributed by atoms with Crippen molar-refractivity contribution in [2.45, 2.75) is 44.9 Å². The van der Waals surface area contributed by atoms with Crippen LogP contribution in [-0.4, -0.2) is 93.0 Å². The number of carbonyl (C=O) groups excluding carboxylic acids is 3. The van der Waals surface area contributed by atoms with E-state index in [1.165, 1.54) is 12.0 Å². The minimum Gasteiger partial charge on any atom is -0.497 e. The van der Waals surface area contributed by atoms with Gasteiger partial charge in [-0.15, -0.1) is 0 Å². The van der Waals surface area contributed by atoms with E-state index in [1.54, 1.807) is 52.1 Å². The van der Waals surface area contributed by atoms with Crippen molar-refractivity contribution < 1.29 is 33.3 Å². The third-order valence-electron chi connectivity index (χ3n) is 6.48. The molecule has 2 aromatic carbocycles. The van der Waals surface area contributed by atoms with E-state index in [9.17, 15) is 14.4 Å². The predicted octanol–water partition coefficient (Wildman–Crippen LogP) is 3.21. The predicted molar refractivity (Wildman–Crippen MR) is 150 cm³/mol. The number of rotatable bonds is 11. The average Bonchev–Trinajstić information content (AvgIpc) is 2.94. The SMILES string of the molecule is COC(=O)C(c1ccc(OC)cc1)N(CCN1CCOCC1)C(=O)C(Cc1ccccc1)NC(=O)OC(C)(C)C. The van der Waals surface area contributed by atoms with Crippen molar-refractivity contribution in [1.29, 1.82) is 0 Å². The van der Waals surface area contributed by atoms with Gasteiger partial charge >= 0.3 is 12.1 Å². The summed E-state index contributed by atoms with van der Waals surface area (Å²) in [7, 11) is 2.85. The molecule has 1 aliphatic rings. The van der Waals surface area contributed by atoms with Crippen molar-refractivity contribution in [2.24, 2.45) is 0 Å². The van der Waals surface area contributed by atoms with E-state index in [-0.39, 0.29) is 13.0 Å². The minimum absolute atomic E-state index is 0.212. The summed E-state index contributed by atoms with van der Waals surface area (Å²) < 4.78 is 21.4. The highest BCUT2D eigenvalue weighted by Gasteiger charge is 2.37. The summed E-state index contributed by atoms with van der Waals surface area (Å²) in [6, 6.07) is 14.3. The van der Waals surface area contributed by atoms with E-state index in [0.29, 0.717) is 31.1 Å². The number of hydrogen-bond acceptors (Lipinski definition) is 8. The molecule has 0 bridgehead atoms. The Bertz CT molecular complexity index is 1100. The van der Waals surface area contributed by atoms with E-state index < -0.39 is 35.7 Å². The first kappa shape index (κ1) is 30.9. The Labute approximate surface area is 236 Å². The number of benzene rings is 2. The van der Waals surface area contributed by atoms with Crippen LogP contribution >= 0.6 is 0 Å². The Morgan fingerprint density at radius 2 is 1.65 bits per heavy atom. The largest absolute Gasteiger partial charge is 0.497 e. The minimum atomic E-state index is -1.04. The fourth-order valence-electron chi connectivity index (χ4n) is 4.48. The molecule has 1 saturated heterocycles. The molecule has 2 atom stereocenters. The highest BCUT2D eigenvalue weighted by molar-refractivity contribution is 5.90. The molecular formula is C30H41N3O7. The molecule has 0 radical (unpaired) electrons. The van der Waals surface area contributed by atoms with E-state index in [4.69, 9.17) is 18.9 Å². The molecule has 2 aromatic rings. The van der Waals surface area contributed by atoms with Crippen LogP contribution in [0.25, 0.3) is 0 Å². The summed E-state index contributed by atoms with van der Waals surface area (Å²) in [4.78, 5) is 44.2. The molecule has 0 aromatic heterocycles. The fraction of sp³-hybridized carbons (Fsp3) is 0.500. The Morgan fingerprint density at radius 1 is 1.00 bits per heavy atom. The fourth-order valence-corrected chi connectivity index (χ4v) is 4.48. The average molecular weight is 556 g/mol. The first-order valence-electron chi connectivity index (χ1n) is 13.5. The number of ether oxygens (including phenoxy) is 4. The Morgan fingerprint density at radius 3 is 2.23 bits per heavy atom. The first-order chi connectivity index (χ1) is 19.1. The monoisotopic (exact) mass is 555 g/mol. The van der Waals surface area contributed by atoms with Crippen LogP contribution in [0.15, 0.2) is 54.6 Å². The Hall–Kier alpha value is -3.63. The van der Waals surface area contributed by atoms with Gasteiger partial charge < -0.3 is 29.2 Å². The summed E-state index contributed by atoms with van der Waals surface area (Å²) in [6.45, 7) is 8.65. The number of amides is 2. The molecule has 40 heavy (non-hydrogen) atoms. The summed E-state index contributed by atoms with van der Waals surface area (Å²) in [6.07, 6.45) is -0.502. The van der Waals surface area contributed by atoms with E-state index >= 15 is 0 Å². The maximum absolute atomic E-state index is 14.4. The van der Waals surface area contributed by atoms with Gasteiger partial charge in [-0.25, -0.2) is 9.59 Å². The van der Waals surface area contributed by atoms with Crippen LogP contribution in [0.1, 0.15) is 37.9 Å². The van der Waals surface area contributed by atoms with Crippen molar-refractivity contribution in [1.82, 2.24) is 15.1 Å². The summed E-state index contributed by atoms with van der Waals surface area (Å²) in [5.74, 6) is -0.391. The van der Waals surface area contributed by atoms with Crippen molar-refractivity contribution in [2.75, 3.05) is 53.6 Å². The smallest absolute Gasteiger partial charge is 0.408 e. The molecular weight excluding hydrogens is 514 g/mol. The summed E-state index contributed by atoms with van der Waals surface area (Å²) in [5.41, 5.74) is 0.667. The highest BCUT2D eigenvalue weighted by atomic mass is 16.6. The molecule has 3 rings (SSSR count). The van der Waals surface area contributed by atoms with E-state index in [1.807, 2.05) is 30.3 Å². The Balaban J connectivity index is 1.99. The number of nitrogens with zero attached hydrogens (tertiary/aromatic N) is 2. The molecule has 2 amide bonds. The number of nitrogens with one attached hydrogen (secondary N) is 1. The lowest BCUT2D eigenvalue weighted by molar-refractivity contribution is -0.154. The van der Waals surface area contributed by atoms with Crippen LogP contribution in [0.2, 0.25) is 0 Å². The second-order valence-corrected chi connectivity index (χ2v) is 10.6. The molecule has 1 N–H and O–H groups in total. The molecule has 0 spiro atoms. The zero-order valence-electron chi connectivity index (χ0n) is 24.1. The van der Waals surface area contributed by atoms with Crippen LogP contribution in [0.3, 0.4) is 0 Å². The topological polar surface area (TPSA) is 107 Å². The van der Waals surface area contributed by atoms with Crippen molar-refractivity contribution >= 4 is 18.0 Å². The molecule has 10 nitrogen and oxygen atoms in total. The normalized spacial score (nSPS) is 15.4. The number of methoxy groups -OCH3 is 2. The van der Waals surface area contributed by atoms with Gasteiger partial charge in [-0.2, -0.15) is 0 Å². The number of morpholine rings is 1. The number of carbonyl (C=O) groups is 3. The number of esters is 1. The van der Waals surface area contributed by atoms with E-state index in [2.05, 4.69) is 10.2 Å². The Kier molecular flexibility index (Phi) is 11.3. The maximum atomic E-state index is 14.4. The second kappa shape index (κ2) is 14.7. The van der Waals surface area contributed by atoms with Crippen LogP contribution in [0.5, 0.6) is 5.75 Å². The van der Waals surface area contributed by atoms with Crippen LogP contribution in [0, 0.1) is 0 Å². The quantitative estimate of drug-likeness (QED) is 0.422. The second-order valence-electron chi connectivity index (χ2n) is 10.6. The molecule has 10 heteroatoms. The van der Waals surface area contributed by atoms with Crippen molar-refractivity contribution in [3.8, 4) is 5.75 Å². The van der Waals surface area contributed by atoms with Gasteiger partial charge in [0.2, 0.25) is 5.91 Å². The van der Waals surface area contributed by atoms with Gasteiger partial charge in [-0.3, -0.25) is 9.69 Å². The lowest BCUT2D eigenvalue weighted by Crippen LogP contribution is -2.54. The number of hydrogen-bond donors (Lipinski definition) is 1. The first-order valence-corrected chi connectivity index (χ1v) is 13.5. The van der Waals surface area contributed by atoms with Crippen LogP contribution in [0.4, 0.5) is 4.79 Å². The van der Waals surface area contributed by atoms with Gasteiger partial charge in [0.05, 0.1) is 27.4 Å². The zero-order chi connectivity index (χ0) is 29.1. The van der Waals surface area contributed by atoms with Crippen LogP contribution < -0.4 is 10.1 Å². The molecule has 1 heterocycles. The van der Waals surface area contributed by atoms with Gasteiger partial charge in [-0.1, -0.05) is 42.5 Å². The summed E-state index contributed by atoms with van der Waals surface area (Å²) >= 11 is 0. The third-order valence-corrected chi connectivity index (χ3v) is 6.48. The van der Waals surface area contributed by atoms with Crippen molar-refractivity contribution in [3.05, 3.63) is 65.7 Å². The van der Waals surface area contributed by atoms with Gasteiger partial charge in [-0.05, 0) is 44.0 Å². The highest BCUT2D eigenvalue weighted by Crippen LogP contribution is 2.26. The standard InChI is InChI=1S/C30H41N3O7/c1-30(2,3)40-29(36)31-25(21-22-9-7-6-8-10-22)27(34)33(16-15-32-17-19-39-20-18-32)26(28(35)38-5)23-11-13-24(37-4)14-12-23/h6-14,25-26H,15-21H2,1-5H3,(H,31,36). The third kappa shape index (κ3) is 9.24. The van der Waals surface area contributed by atoms with Gasteiger partial charge in [0.15, 0.2) is 6.04 Å². The van der Waals surface area contributed by atoms with Gasteiger partial charge in [0.1, 0.15) is 17.4 Å².